The van der Waals surface area contributed by atoms with E-state index in [9.17, 15) is 18.0 Å². The first-order valence-electron chi connectivity index (χ1n) is 8.31. The molecule has 0 bridgehead atoms. The van der Waals surface area contributed by atoms with Crippen LogP contribution in [0.2, 0.25) is 10.0 Å². The van der Waals surface area contributed by atoms with Crippen LogP contribution in [0.4, 0.5) is 35.0 Å². The van der Waals surface area contributed by atoms with E-state index >= 15 is 0 Å². The molecule has 0 unspecified atom stereocenters. The number of hydrogen-bond donors (Lipinski definition) is 2. The summed E-state index contributed by atoms with van der Waals surface area (Å²) in [7, 11) is 0. The Morgan fingerprint density at radius 2 is 1.71 bits per heavy atom. The zero-order valence-corrected chi connectivity index (χ0v) is 16.0. The van der Waals surface area contributed by atoms with E-state index in [1.165, 1.54) is 24.3 Å². The number of hydrogen-bond acceptors (Lipinski definition) is 3. The number of carbonyl (C=O) groups is 1. The number of anilines is 3. The van der Waals surface area contributed by atoms with Gasteiger partial charge in [0.1, 0.15) is 0 Å². The van der Waals surface area contributed by atoms with Gasteiger partial charge in [-0.2, -0.15) is 13.2 Å². The van der Waals surface area contributed by atoms with Crippen LogP contribution >= 0.6 is 23.2 Å². The summed E-state index contributed by atoms with van der Waals surface area (Å²) >= 11 is 11.7. The first-order valence-corrected chi connectivity index (χ1v) is 9.06. The van der Waals surface area contributed by atoms with Crippen molar-refractivity contribution in [3.05, 3.63) is 52.0 Å². The molecule has 0 aliphatic carbocycles. The van der Waals surface area contributed by atoms with E-state index in [1.807, 2.05) is 4.90 Å². The number of amides is 2. The SMILES string of the molecule is O=C(Nc1ccc(Cl)c(Cl)c1)Nc1cc(C(F)(F)F)ccc1N1CCOCC1. The maximum absolute atomic E-state index is 13.1. The second-order valence-corrected chi connectivity index (χ2v) is 6.85. The van der Waals surface area contributed by atoms with Crippen LogP contribution in [0.25, 0.3) is 0 Å². The molecule has 3 rings (SSSR count). The Hall–Kier alpha value is -2.16. The maximum atomic E-state index is 13.1. The van der Waals surface area contributed by atoms with E-state index in [2.05, 4.69) is 10.6 Å². The predicted molar refractivity (Wildman–Crippen MR) is 104 cm³/mol. The lowest BCUT2D eigenvalue weighted by atomic mass is 10.1. The Labute approximate surface area is 169 Å². The lowest BCUT2D eigenvalue weighted by Gasteiger charge is -2.31. The van der Waals surface area contributed by atoms with Gasteiger partial charge in [0, 0.05) is 18.8 Å². The van der Waals surface area contributed by atoms with Crippen molar-refractivity contribution in [1.29, 1.82) is 0 Å². The summed E-state index contributed by atoms with van der Waals surface area (Å²) in [5.74, 6) is 0. The molecule has 10 heteroatoms. The lowest BCUT2D eigenvalue weighted by molar-refractivity contribution is -0.137. The Balaban J connectivity index is 1.84. The highest BCUT2D eigenvalue weighted by Gasteiger charge is 2.32. The summed E-state index contributed by atoms with van der Waals surface area (Å²) < 4.78 is 44.6. The van der Waals surface area contributed by atoms with Gasteiger partial charge < -0.3 is 20.3 Å². The fourth-order valence-corrected chi connectivity index (χ4v) is 3.05. The van der Waals surface area contributed by atoms with E-state index in [-0.39, 0.29) is 10.7 Å². The van der Waals surface area contributed by atoms with E-state index < -0.39 is 17.8 Å². The molecule has 150 valence electrons. The number of morpholine rings is 1. The summed E-state index contributed by atoms with van der Waals surface area (Å²) in [5.41, 5.74) is 0.0380. The Morgan fingerprint density at radius 1 is 1.00 bits per heavy atom. The fraction of sp³-hybridized carbons (Fsp3) is 0.278. The molecular formula is C18H16Cl2F3N3O2. The topological polar surface area (TPSA) is 53.6 Å². The highest BCUT2D eigenvalue weighted by Crippen LogP contribution is 2.36. The van der Waals surface area contributed by atoms with Crippen LogP contribution in [0.5, 0.6) is 0 Å². The Bertz CT molecular complexity index is 872. The summed E-state index contributed by atoms with van der Waals surface area (Å²) in [6.07, 6.45) is -4.53. The van der Waals surface area contributed by atoms with E-state index in [4.69, 9.17) is 27.9 Å². The normalized spacial score (nSPS) is 14.7. The standard InChI is InChI=1S/C18H16Cl2F3N3O2/c19-13-3-2-12(10-14(13)20)24-17(27)25-15-9-11(18(21,22)23)1-4-16(15)26-5-7-28-8-6-26/h1-4,9-10H,5-8H2,(H2,24,25,27). The second-order valence-electron chi connectivity index (χ2n) is 6.04. The molecule has 0 radical (unpaired) electrons. The van der Waals surface area contributed by atoms with Crippen LogP contribution in [-0.2, 0) is 10.9 Å². The molecule has 1 aliphatic heterocycles. The zero-order chi connectivity index (χ0) is 20.3. The second kappa shape index (κ2) is 8.46. The number of carbonyl (C=O) groups excluding carboxylic acids is 1. The van der Waals surface area contributed by atoms with Crippen molar-refractivity contribution in [2.75, 3.05) is 41.8 Å². The average molecular weight is 434 g/mol. The van der Waals surface area contributed by atoms with E-state index in [1.54, 1.807) is 0 Å². The number of benzene rings is 2. The van der Waals surface area contributed by atoms with Gasteiger partial charge in [-0.1, -0.05) is 23.2 Å². The Morgan fingerprint density at radius 3 is 2.36 bits per heavy atom. The van der Waals surface area contributed by atoms with Gasteiger partial charge in [-0.15, -0.1) is 0 Å². The molecule has 28 heavy (non-hydrogen) atoms. The Kier molecular flexibility index (Phi) is 6.22. The summed E-state index contributed by atoms with van der Waals surface area (Å²) in [6.45, 7) is 1.93. The van der Waals surface area contributed by atoms with Crippen molar-refractivity contribution in [2.45, 2.75) is 6.18 Å². The van der Waals surface area contributed by atoms with Gasteiger partial charge in [-0.3, -0.25) is 0 Å². The lowest BCUT2D eigenvalue weighted by Crippen LogP contribution is -2.37. The molecule has 0 aromatic heterocycles. The summed E-state index contributed by atoms with van der Waals surface area (Å²) in [6, 6.07) is 7.03. The van der Waals surface area contributed by atoms with Crippen molar-refractivity contribution in [3.63, 3.8) is 0 Å². The molecule has 2 amide bonds. The summed E-state index contributed by atoms with van der Waals surface area (Å²) in [5, 5.41) is 5.59. The average Bonchev–Trinajstić information content (AvgIpc) is 2.64. The monoisotopic (exact) mass is 433 g/mol. The maximum Gasteiger partial charge on any atom is 0.416 e. The van der Waals surface area contributed by atoms with Crippen LogP contribution in [0, 0.1) is 0 Å². The van der Waals surface area contributed by atoms with Gasteiger partial charge in [0.05, 0.1) is 40.2 Å². The van der Waals surface area contributed by atoms with Crippen molar-refractivity contribution in [3.8, 4) is 0 Å². The molecule has 0 atom stereocenters. The van der Waals surface area contributed by atoms with Gasteiger partial charge >= 0.3 is 12.2 Å². The number of halogens is 5. The van der Waals surface area contributed by atoms with E-state index in [0.29, 0.717) is 42.7 Å². The van der Waals surface area contributed by atoms with Crippen LogP contribution in [-0.4, -0.2) is 32.3 Å². The highest BCUT2D eigenvalue weighted by molar-refractivity contribution is 6.42. The van der Waals surface area contributed by atoms with Crippen LogP contribution in [0.15, 0.2) is 36.4 Å². The zero-order valence-electron chi connectivity index (χ0n) is 14.4. The van der Waals surface area contributed by atoms with Crippen LogP contribution in [0.3, 0.4) is 0 Å². The number of nitrogens with zero attached hydrogens (tertiary/aromatic N) is 1. The molecule has 1 aliphatic rings. The number of urea groups is 1. The third-order valence-corrected chi connectivity index (χ3v) is 4.84. The quantitative estimate of drug-likeness (QED) is 0.672. The number of alkyl halides is 3. The fourth-order valence-electron chi connectivity index (χ4n) is 2.75. The van der Waals surface area contributed by atoms with Crippen LogP contribution in [0.1, 0.15) is 5.56 Å². The molecule has 2 aromatic carbocycles. The molecule has 0 spiro atoms. The van der Waals surface area contributed by atoms with Crippen molar-refractivity contribution < 1.29 is 22.7 Å². The smallest absolute Gasteiger partial charge is 0.378 e. The largest absolute Gasteiger partial charge is 0.416 e. The molecule has 5 nitrogen and oxygen atoms in total. The highest BCUT2D eigenvalue weighted by atomic mass is 35.5. The minimum absolute atomic E-state index is 0.0503. The van der Waals surface area contributed by atoms with Gasteiger partial charge in [-0.25, -0.2) is 4.79 Å². The predicted octanol–water partition coefficient (Wildman–Crippen LogP) is 5.49. The third-order valence-electron chi connectivity index (χ3n) is 4.10. The van der Waals surface area contributed by atoms with Crippen molar-refractivity contribution in [2.24, 2.45) is 0 Å². The molecule has 1 heterocycles. The third kappa shape index (κ3) is 5.01. The van der Waals surface area contributed by atoms with E-state index in [0.717, 1.165) is 12.1 Å². The number of ether oxygens (including phenoxy) is 1. The number of nitrogens with one attached hydrogen (secondary N) is 2. The van der Waals surface area contributed by atoms with Gasteiger partial charge in [0.15, 0.2) is 0 Å². The first kappa shape index (κ1) is 20.6. The molecule has 0 saturated carbocycles. The number of rotatable bonds is 3. The molecule has 1 fully saturated rings. The molecule has 2 aromatic rings. The minimum atomic E-state index is -4.53. The first-order chi connectivity index (χ1) is 13.2. The van der Waals surface area contributed by atoms with Gasteiger partial charge in [0.2, 0.25) is 0 Å². The van der Waals surface area contributed by atoms with Crippen molar-refractivity contribution in [1.82, 2.24) is 0 Å². The van der Waals surface area contributed by atoms with Gasteiger partial charge in [-0.05, 0) is 36.4 Å². The molecule has 1 saturated heterocycles. The molecule has 2 N–H and O–H groups in total. The van der Waals surface area contributed by atoms with Gasteiger partial charge in [0.25, 0.3) is 0 Å². The minimum Gasteiger partial charge on any atom is -0.378 e. The van der Waals surface area contributed by atoms with Crippen molar-refractivity contribution >= 4 is 46.3 Å². The molecular weight excluding hydrogens is 418 g/mol. The summed E-state index contributed by atoms with van der Waals surface area (Å²) in [4.78, 5) is 14.2. The van der Waals surface area contributed by atoms with Crippen LogP contribution < -0.4 is 15.5 Å².